The minimum atomic E-state index is -2.92. The lowest BCUT2D eigenvalue weighted by atomic mass is 9.99. The van der Waals surface area contributed by atoms with E-state index in [0.29, 0.717) is 0 Å². The summed E-state index contributed by atoms with van der Waals surface area (Å²) >= 11 is 0. The number of alkyl halides is 2. The highest BCUT2D eigenvalue weighted by molar-refractivity contribution is 5.90. The molecule has 108 valence electrons. The van der Waals surface area contributed by atoms with Crippen LogP contribution in [0.1, 0.15) is 28.4 Å². The number of esters is 1. The Labute approximate surface area is 112 Å². The van der Waals surface area contributed by atoms with Crippen molar-refractivity contribution in [1.29, 1.82) is 0 Å². The van der Waals surface area contributed by atoms with E-state index in [1.54, 1.807) is 0 Å². The van der Waals surface area contributed by atoms with E-state index in [2.05, 4.69) is 10.1 Å². The standard InChI is InChI=1S/C12H12F2N2O4/c1-20-11(17)7-2-3-10(16(18)19)8(4-7)9-5-12(13,14)6-15-9/h2-4,9,15H,5-6H2,1H3/t9-/m1/s1. The molecule has 1 fully saturated rings. The Bertz CT molecular complexity index is 562. The van der Waals surface area contributed by atoms with Crippen molar-refractivity contribution in [1.82, 2.24) is 5.32 Å². The first-order chi connectivity index (χ1) is 9.34. The van der Waals surface area contributed by atoms with Gasteiger partial charge < -0.3 is 10.1 Å². The number of hydrogen-bond acceptors (Lipinski definition) is 5. The number of hydrogen-bond donors (Lipinski definition) is 1. The summed E-state index contributed by atoms with van der Waals surface area (Å²) in [5.74, 6) is -3.59. The Morgan fingerprint density at radius 2 is 2.25 bits per heavy atom. The number of nitrogens with zero attached hydrogens (tertiary/aromatic N) is 1. The maximum Gasteiger partial charge on any atom is 0.337 e. The molecule has 0 aliphatic carbocycles. The van der Waals surface area contributed by atoms with Crippen molar-refractivity contribution in [2.75, 3.05) is 13.7 Å². The molecule has 2 rings (SSSR count). The number of benzene rings is 1. The van der Waals surface area contributed by atoms with Gasteiger partial charge in [0.05, 0.1) is 24.1 Å². The van der Waals surface area contributed by atoms with Crippen LogP contribution in [0.25, 0.3) is 0 Å². The van der Waals surface area contributed by atoms with Gasteiger partial charge in [-0.1, -0.05) is 0 Å². The highest BCUT2D eigenvalue weighted by Gasteiger charge is 2.42. The molecule has 20 heavy (non-hydrogen) atoms. The van der Waals surface area contributed by atoms with E-state index in [1.807, 2.05) is 0 Å². The molecule has 1 aliphatic heterocycles. The van der Waals surface area contributed by atoms with Crippen molar-refractivity contribution in [2.24, 2.45) is 0 Å². The summed E-state index contributed by atoms with van der Waals surface area (Å²) in [6.07, 6.45) is -0.543. The fourth-order valence-corrected chi connectivity index (χ4v) is 2.18. The number of ether oxygens (including phenoxy) is 1. The summed E-state index contributed by atoms with van der Waals surface area (Å²) < 4.78 is 30.9. The topological polar surface area (TPSA) is 81.5 Å². The number of halogens is 2. The van der Waals surface area contributed by atoms with Crippen LogP contribution in [0.15, 0.2) is 18.2 Å². The van der Waals surface area contributed by atoms with Gasteiger partial charge in [0.1, 0.15) is 0 Å². The van der Waals surface area contributed by atoms with Gasteiger partial charge in [-0.15, -0.1) is 0 Å². The molecule has 1 aromatic carbocycles. The van der Waals surface area contributed by atoms with Crippen molar-refractivity contribution >= 4 is 11.7 Å². The predicted molar refractivity (Wildman–Crippen MR) is 64.7 cm³/mol. The Hall–Kier alpha value is -2.09. The van der Waals surface area contributed by atoms with Crippen LogP contribution in [0, 0.1) is 10.1 Å². The average Bonchev–Trinajstić information content (AvgIpc) is 2.77. The van der Waals surface area contributed by atoms with E-state index in [9.17, 15) is 23.7 Å². The summed E-state index contributed by atoms with van der Waals surface area (Å²) in [5, 5.41) is 13.5. The lowest BCUT2D eigenvalue weighted by molar-refractivity contribution is -0.385. The van der Waals surface area contributed by atoms with Gasteiger partial charge in [-0.2, -0.15) is 0 Å². The summed E-state index contributed by atoms with van der Waals surface area (Å²) in [7, 11) is 1.17. The van der Waals surface area contributed by atoms with Gasteiger partial charge in [-0.25, -0.2) is 13.6 Å². The fourth-order valence-electron chi connectivity index (χ4n) is 2.18. The van der Waals surface area contributed by atoms with Crippen molar-refractivity contribution < 1.29 is 23.2 Å². The van der Waals surface area contributed by atoms with Crippen molar-refractivity contribution in [3.63, 3.8) is 0 Å². The van der Waals surface area contributed by atoms with Gasteiger partial charge in [0, 0.05) is 24.1 Å². The molecule has 0 spiro atoms. The van der Waals surface area contributed by atoms with E-state index in [4.69, 9.17) is 0 Å². The fraction of sp³-hybridized carbons (Fsp3) is 0.417. The average molecular weight is 286 g/mol. The van der Waals surface area contributed by atoms with Crippen LogP contribution in [0.4, 0.5) is 14.5 Å². The molecule has 0 bridgehead atoms. The molecule has 0 saturated carbocycles. The lowest BCUT2D eigenvalue weighted by Gasteiger charge is -2.12. The number of carbonyl (C=O) groups is 1. The van der Waals surface area contributed by atoms with Crippen molar-refractivity contribution in [3.05, 3.63) is 39.4 Å². The molecule has 1 aromatic rings. The Morgan fingerprint density at radius 3 is 2.75 bits per heavy atom. The second kappa shape index (κ2) is 5.12. The minimum Gasteiger partial charge on any atom is -0.465 e. The zero-order valence-electron chi connectivity index (χ0n) is 10.6. The number of nitro groups is 1. The minimum absolute atomic E-state index is 0.0649. The maximum absolute atomic E-state index is 13.2. The van der Waals surface area contributed by atoms with Crippen LogP contribution in [-0.2, 0) is 4.74 Å². The zero-order valence-corrected chi connectivity index (χ0v) is 10.6. The number of nitrogens with one attached hydrogen (secondary N) is 1. The number of rotatable bonds is 3. The highest BCUT2D eigenvalue weighted by atomic mass is 19.3. The lowest BCUT2D eigenvalue weighted by Crippen LogP contribution is -2.19. The Kier molecular flexibility index (Phi) is 3.67. The SMILES string of the molecule is COC(=O)c1ccc([N+](=O)[O-])c([C@H]2CC(F)(F)CN2)c1. The molecule has 1 heterocycles. The highest BCUT2D eigenvalue weighted by Crippen LogP contribution is 2.37. The van der Waals surface area contributed by atoms with Crippen LogP contribution in [0.2, 0.25) is 0 Å². The van der Waals surface area contributed by atoms with Gasteiger partial charge in [-0.3, -0.25) is 10.1 Å². The second-order valence-corrected chi connectivity index (χ2v) is 4.52. The van der Waals surface area contributed by atoms with Crippen LogP contribution in [0.3, 0.4) is 0 Å². The molecule has 0 radical (unpaired) electrons. The van der Waals surface area contributed by atoms with E-state index in [0.717, 1.165) is 6.07 Å². The second-order valence-electron chi connectivity index (χ2n) is 4.52. The predicted octanol–water partition coefficient (Wildman–Crippen LogP) is 2.05. The van der Waals surface area contributed by atoms with Gasteiger partial charge >= 0.3 is 5.97 Å². The maximum atomic E-state index is 13.2. The number of nitro benzene ring substituents is 1. The zero-order chi connectivity index (χ0) is 14.9. The molecule has 8 heteroatoms. The van der Waals surface area contributed by atoms with E-state index >= 15 is 0 Å². The first-order valence-electron chi connectivity index (χ1n) is 5.82. The van der Waals surface area contributed by atoms with Crippen LogP contribution in [0.5, 0.6) is 0 Å². The molecule has 0 aromatic heterocycles. The van der Waals surface area contributed by atoms with E-state index in [-0.39, 0.29) is 16.8 Å². The van der Waals surface area contributed by atoms with Crippen molar-refractivity contribution in [2.45, 2.75) is 18.4 Å². The molecular formula is C12H12F2N2O4. The van der Waals surface area contributed by atoms with E-state index in [1.165, 1.54) is 19.2 Å². The third kappa shape index (κ3) is 2.74. The van der Waals surface area contributed by atoms with Crippen LogP contribution < -0.4 is 5.32 Å². The first kappa shape index (κ1) is 14.3. The molecule has 1 atom stereocenters. The first-order valence-corrected chi connectivity index (χ1v) is 5.82. The summed E-state index contributed by atoms with van der Waals surface area (Å²) in [5.41, 5.74) is -0.145. The Balaban J connectivity index is 2.43. The molecule has 0 unspecified atom stereocenters. The monoisotopic (exact) mass is 286 g/mol. The van der Waals surface area contributed by atoms with Gasteiger partial charge in [0.15, 0.2) is 0 Å². The largest absolute Gasteiger partial charge is 0.465 e. The van der Waals surface area contributed by atoms with Gasteiger partial charge in [-0.05, 0) is 12.1 Å². The number of methoxy groups -OCH3 is 1. The molecule has 0 amide bonds. The summed E-state index contributed by atoms with van der Waals surface area (Å²) in [6, 6.07) is 2.72. The summed E-state index contributed by atoms with van der Waals surface area (Å²) in [4.78, 5) is 21.7. The molecule has 1 saturated heterocycles. The Morgan fingerprint density at radius 1 is 1.55 bits per heavy atom. The quantitative estimate of drug-likeness (QED) is 0.522. The summed E-state index contributed by atoms with van der Waals surface area (Å²) in [6.45, 7) is -0.544. The molecule has 1 aliphatic rings. The molecule has 6 nitrogen and oxygen atoms in total. The normalized spacial score (nSPS) is 20.6. The van der Waals surface area contributed by atoms with Crippen molar-refractivity contribution in [3.8, 4) is 0 Å². The smallest absolute Gasteiger partial charge is 0.337 e. The molecule has 1 N–H and O–H groups in total. The van der Waals surface area contributed by atoms with Crippen LogP contribution >= 0.6 is 0 Å². The number of carbonyl (C=O) groups excluding carboxylic acids is 1. The van der Waals surface area contributed by atoms with Crippen LogP contribution in [-0.4, -0.2) is 30.5 Å². The third-order valence-electron chi connectivity index (χ3n) is 3.13. The van der Waals surface area contributed by atoms with Gasteiger partial charge in [0.2, 0.25) is 0 Å². The molecular weight excluding hydrogens is 274 g/mol. The van der Waals surface area contributed by atoms with Gasteiger partial charge in [0.25, 0.3) is 11.6 Å². The van der Waals surface area contributed by atoms with E-state index < -0.39 is 35.8 Å². The third-order valence-corrected chi connectivity index (χ3v) is 3.13.